The molecular weight excluding hydrogens is 576 g/mol. The molecule has 1 aliphatic rings. The first kappa shape index (κ1) is 29.6. The third-order valence-corrected chi connectivity index (χ3v) is 8.36. The highest BCUT2D eigenvalue weighted by Crippen LogP contribution is 2.39. The fourth-order valence-electron chi connectivity index (χ4n) is 5.88. The van der Waals surface area contributed by atoms with Crippen molar-refractivity contribution in [2.24, 2.45) is 0 Å². The monoisotopic (exact) mass is 610 g/mol. The number of nitrogens with one attached hydrogen (secondary N) is 1. The van der Waals surface area contributed by atoms with E-state index in [1.54, 1.807) is 24.5 Å². The van der Waals surface area contributed by atoms with Crippen molar-refractivity contribution in [1.29, 1.82) is 0 Å². The van der Waals surface area contributed by atoms with Gasteiger partial charge in [-0.25, -0.2) is 4.98 Å². The minimum absolute atomic E-state index is 0.00314. The number of carbonyl (C=O) groups is 1. The Morgan fingerprint density at radius 2 is 1.67 bits per heavy atom. The number of hydrogen-bond donors (Lipinski definition) is 2. The molecule has 0 aliphatic carbocycles. The minimum atomic E-state index is -0.556. The smallest absolute Gasteiger partial charge is 0.253 e. The van der Waals surface area contributed by atoms with E-state index in [0.717, 1.165) is 44.4 Å². The fourth-order valence-corrected chi connectivity index (χ4v) is 5.88. The summed E-state index contributed by atoms with van der Waals surface area (Å²) in [7, 11) is 0. The van der Waals surface area contributed by atoms with E-state index >= 15 is 0 Å². The topological polar surface area (TPSA) is 98.5 Å². The van der Waals surface area contributed by atoms with E-state index in [9.17, 15) is 9.90 Å². The molecule has 3 atom stereocenters. The predicted octanol–water partition coefficient (Wildman–Crippen LogP) is 6.77. The molecule has 46 heavy (non-hydrogen) atoms. The summed E-state index contributed by atoms with van der Waals surface area (Å²) in [4.78, 5) is 21.1. The van der Waals surface area contributed by atoms with Gasteiger partial charge >= 0.3 is 0 Å². The Labute approximate surface area is 267 Å². The van der Waals surface area contributed by atoms with E-state index in [1.807, 2.05) is 60.9 Å². The second-order valence-electron chi connectivity index (χ2n) is 11.5. The summed E-state index contributed by atoms with van der Waals surface area (Å²) in [5.41, 5.74) is 8.52. The van der Waals surface area contributed by atoms with Gasteiger partial charge in [-0.2, -0.15) is 0 Å². The van der Waals surface area contributed by atoms with Crippen molar-refractivity contribution in [3.8, 4) is 11.1 Å². The molecule has 1 saturated heterocycles. The Kier molecular flexibility index (Phi) is 8.65. The molecule has 6 aromatic rings. The molecule has 8 nitrogen and oxygen atoms in total. The molecule has 0 unspecified atom stereocenters. The average molecular weight is 611 g/mol. The van der Waals surface area contributed by atoms with Gasteiger partial charge in [-0.15, -0.1) is 0 Å². The van der Waals surface area contributed by atoms with Crippen LogP contribution in [0.15, 0.2) is 128 Å². The van der Waals surface area contributed by atoms with Gasteiger partial charge in [0.15, 0.2) is 6.29 Å². The number of para-hydroxylation sites is 2. The molecule has 1 fully saturated rings. The van der Waals surface area contributed by atoms with E-state index in [4.69, 9.17) is 9.47 Å². The van der Waals surface area contributed by atoms with Gasteiger partial charge in [-0.3, -0.25) is 9.78 Å². The van der Waals surface area contributed by atoms with E-state index < -0.39 is 6.29 Å². The van der Waals surface area contributed by atoms with Crippen LogP contribution in [-0.4, -0.2) is 31.7 Å². The number of imidazole rings is 1. The number of ether oxygens (including phenoxy) is 2. The van der Waals surface area contributed by atoms with Gasteiger partial charge < -0.3 is 24.5 Å². The number of benzene rings is 4. The Morgan fingerprint density at radius 3 is 2.48 bits per heavy atom. The number of aliphatic hydroxyl groups is 1. The molecule has 4 aromatic carbocycles. The van der Waals surface area contributed by atoms with Crippen molar-refractivity contribution >= 4 is 16.9 Å². The summed E-state index contributed by atoms with van der Waals surface area (Å²) in [6.45, 7) is 1.06. The van der Waals surface area contributed by atoms with Crippen molar-refractivity contribution < 1.29 is 19.4 Å². The summed E-state index contributed by atoms with van der Waals surface area (Å²) in [5.74, 6) is -0.155. The average Bonchev–Trinajstić information content (AvgIpc) is 3.53. The molecule has 2 aromatic heterocycles. The van der Waals surface area contributed by atoms with Crippen LogP contribution >= 0.6 is 0 Å². The van der Waals surface area contributed by atoms with Gasteiger partial charge in [0.25, 0.3) is 5.91 Å². The summed E-state index contributed by atoms with van der Waals surface area (Å²) in [5, 5.41) is 12.5. The second kappa shape index (κ2) is 13.5. The van der Waals surface area contributed by atoms with E-state index in [2.05, 4.69) is 62.3 Å². The summed E-state index contributed by atoms with van der Waals surface area (Å²) in [6.07, 6.45) is 4.92. The lowest BCUT2D eigenvalue weighted by molar-refractivity contribution is -0.252. The molecule has 2 N–H and O–H groups in total. The standard InChI is InChI=1S/C38H34N4O4/c43-24-26-10-12-29(13-11-26)36-20-33(23-42-25-41-34-8-1-2-9-35(34)42)45-38(46-36)30-16-14-28(15-17-30)31-6-3-5-27(19-31)21-40-37(44)32-7-4-18-39-22-32/h1-19,22,25,33,36,38,43H,20-21,23-24H2,(H,40,44)/t33-,36+,38+/m0/s1. The first-order chi connectivity index (χ1) is 22.6. The van der Waals surface area contributed by atoms with Crippen LogP contribution in [0.25, 0.3) is 22.2 Å². The molecule has 1 amide bonds. The quantitative estimate of drug-likeness (QED) is 0.188. The van der Waals surface area contributed by atoms with Crippen LogP contribution in [0.3, 0.4) is 0 Å². The van der Waals surface area contributed by atoms with Gasteiger partial charge in [0.1, 0.15) is 0 Å². The van der Waals surface area contributed by atoms with Gasteiger partial charge in [-0.05, 0) is 58.1 Å². The van der Waals surface area contributed by atoms with Crippen molar-refractivity contribution in [2.45, 2.75) is 44.6 Å². The lowest BCUT2D eigenvalue weighted by Crippen LogP contribution is -2.32. The molecule has 1 aliphatic heterocycles. The number of pyridine rings is 1. The zero-order chi connectivity index (χ0) is 31.3. The van der Waals surface area contributed by atoms with Crippen LogP contribution in [0.2, 0.25) is 0 Å². The highest BCUT2D eigenvalue weighted by Gasteiger charge is 2.32. The Balaban J connectivity index is 1.09. The highest BCUT2D eigenvalue weighted by molar-refractivity contribution is 5.93. The maximum Gasteiger partial charge on any atom is 0.253 e. The van der Waals surface area contributed by atoms with Crippen LogP contribution in [0.5, 0.6) is 0 Å². The van der Waals surface area contributed by atoms with Crippen LogP contribution in [-0.2, 0) is 29.2 Å². The highest BCUT2D eigenvalue weighted by atomic mass is 16.7. The van der Waals surface area contributed by atoms with Crippen molar-refractivity contribution in [3.63, 3.8) is 0 Å². The molecule has 0 radical (unpaired) electrons. The number of aliphatic hydroxyl groups excluding tert-OH is 1. The third kappa shape index (κ3) is 6.60. The Morgan fingerprint density at radius 1 is 0.848 bits per heavy atom. The maximum atomic E-state index is 12.5. The van der Waals surface area contributed by atoms with Crippen molar-refractivity contribution in [3.05, 3.63) is 156 Å². The summed E-state index contributed by atoms with van der Waals surface area (Å²) < 4.78 is 15.3. The lowest BCUT2D eigenvalue weighted by Gasteiger charge is -2.36. The van der Waals surface area contributed by atoms with Crippen LogP contribution in [0.4, 0.5) is 0 Å². The number of aromatic nitrogens is 3. The maximum absolute atomic E-state index is 12.5. The van der Waals surface area contributed by atoms with Gasteiger partial charge in [0.2, 0.25) is 0 Å². The molecule has 230 valence electrons. The molecular formula is C38H34N4O4. The summed E-state index contributed by atoms with van der Waals surface area (Å²) in [6, 6.07) is 35.9. The lowest BCUT2D eigenvalue weighted by atomic mass is 9.99. The zero-order valence-electron chi connectivity index (χ0n) is 25.2. The Hall–Kier alpha value is -5.15. The van der Waals surface area contributed by atoms with E-state index in [-0.39, 0.29) is 24.7 Å². The predicted molar refractivity (Wildman–Crippen MR) is 175 cm³/mol. The van der Waals surface area contributed by atoms with Crippen molar-refractivity contribution in [2.75, 3.05) is 0 Å². The molecule has 3 heterocycles. The van der Waals surface area contributed by atoms with Gasteiger partial charge in [0, 0.05) is 30.9 Å². The summed E-state index contributed by atoms with van der Waals surface area (Å²) >= 11 is 0. The Bertz CT molecular complexity index is 1920. The van der Waals surface area contributed by atoms with Crippen LogP contribution < -0.4 is 5.32 Å². The zero-order valence-corrected chi connectivity index (χ0v) is 25.2. The number of hydrogen-bond acceptors (Lipinski definition) is 6. The van der Waals surface area contributed by atoms with Crippen molar-refractivity contribution in [1.82, 2.24) is 19.9 Å². The second-order valence-corrected chi connectivity index (χ2v) is 11.5. The largest absolute Gasteiger partial charge is 0.392 e. The number of rotatable bonds is 9. The normalized spacial score (nSPS) is 18.0. The molecule has 0 saturated carbocycles. The third-order valence-electron chi connectivity index (χ3n) is 8.36. The number of nitrogens with zero attached hydrogens (tertiary/aromatic N) is 3. The molecule has 7 rings (SSSR count). The van der Waals surface area contributed by atoms with E-state index in [1.165, 1.54) is 0 Å². The van der Waals surface area contributed by atoms with Gasteiger partial charge in [0.05, 0.1) is 48.3 Å². The first-order valence-electron chi connectivity index (χ1n) is 15.4. The SMILES string of the molecule is O=C(NCc1cccc(-c2ccc([C@@H]3O[C@H](Cn4cnc5ccccc54)C[C@H](c4ccc(CO)cc4)O3)cc2)c1)c1cccnc1. The minimum Gasteiger partial charge on any atom is -0.392 e. The fraction of sp³-hybridized carbons (Fsp3) is 0.184. The van der Waals surface area contributed by atoms with Crippen LogP contribution in [0.1, 0.15) is 51.4 Å². The molecule has 0 spiro atoms. The number of fused-ring (bicyclic) bond motifs is 1. The molecule has 8 heteroatoms. The van der Waals surface area contributed by atoms with Gasteiger partial charge in [-0.1, -0.05) is 78.9 Å². The first-order valence-corrected chi connectivity index (χ1v) is 15.4. The number of carbonyl (C=O) groups excluding carboxylic acids is 1. The molecule has 0 bridgehead atoms. The van der Waals surface area contributed by atoms with E-state index in [0.29, 0.717) is 25.1 Å². The number of amides is 1. The van der Waals surface area contributed by atoms with Crippen LogP contribution in [0, 0.1) is 0 Å².